The van der Waals surface area contributed by atoms with Crippen LogP contribution >= 0.6 is 15.9 Å². The largest absolute Gasteiger partial charge is 0.508 e. The van der Waals surface area contributed by atoms with Crippen LogP contribution in [0.3, 0.4) is 0 Å². The fraction of sp³-hybridized carbons (Fsp3) is 0.176. The highest BCUT2D eigenvalue weighted by atomic mass is 79.9. The average molecular weight is 394 g/mol. The van der Waals surface area contributed by atoms with Crippen molar-refractivity contribution in [1.82, 2.24) is 5.32 Å². The first-order chi connectivity index (χ1) is 11.5. The number of phenolic OH excluding ortho intramolecular Hbond substituents is 1. The number of aliphatic carboxylic acids is 1. The maximum atomic E-state index is 11.8. The molecule has 0 aliphatic heterocycles. The number of aromatic hydroxyl groups is 1. The lowest BCUT2D eigenvalue weighted by atomic mass is 10.1. The molecule has 0 fully saturated rings. The van der Waals surface area contributed by atoms with E-state index in [2.05, 4.69) is 21.2 Å². The molecule has 0 saturated heterocycles. The molecule has 2 aromatic rings. The minimum atomic E-state index is -1.17. The van der Waals surface area contributed by atoms with Gasteiger partial charge >= 0.3 is 12.1 Å². The lowest BCUT2D eigenvalue weighted by molar-refractivity contribution is -0.139. The van der Waals surface area contributed by atoms with Gasteiger partial charge in [0.2, 0.25) is 0 Å². The number of ether oxygens (including phenoxy) is 1. The highest BCUT2D eigenvalue weighted by molar-refractivity contribution is 9.10. The fourth-order valence-corrected chi connectivity index (χ4v) is 2.41. The molecule has 126 valence electrons. The average Bonchev–Trinajstić information content (AvgIpc) is 2.55. The minimum Gasteiger partial charge on any atom is -0.508 e. The molecule has 0 bridgehead atoms. The summed E-state index contributed by atoms with van der Waals surface area (Å²) in [5.41, 5.74) is 1.45. The summed E-state index contributed by atoms with van der Waals surface area (Å²) in [4.78, 5) is 23.1. The van der Waals surface area contributed by atoms with Crippen molar-refractivity contribution < 1.29 is 24.5 Å². The van der Waals surface area contributed by atoms with Gasteiger partial charge in [-0.2, -0.15) is 0 Å². The molecule has 0 aliphatic rings. The van der Waals surface area contributed by atoms with Crippen LogP contribution in [0.2, 0.25) is 0 Å². The maximum absolute atomic E-state index is 11.8. The maximum Gasteiger partial charge on any atom is 0.408 e. The van der Waals surface area contributed by atoms with E-state index in [-0.39, 0.29) is 18.8 Å². The van der Waals surface area contributed by atoms with Crippen molar-refractivity contribution >= 4 is 28.0 Å². The standard InChI is InChI=1S/C17H16BrNO5/c18-14-4-2-1-3-12(14)10-24-17(23)19-15(16(21)22)9-11-5-7-13(20)8-6-11/h1-8,15,20H,9-10H2,(H,19,23)(H,21,22)/t15-/m0/s1. The Morgan fingerprint density at radius 2 is 1.79 bits per heavy atom. The molecule has 1 atom stereocenters. The van der Waals surface area contributed by atoms with Crippen molar-refractivity contribution in [3.05, 3.63) is 64.1 Å². The van der Waals surface area contributed by atoms with Crippen molar-refractivity contribution in [2.24, 2.45) is 0 Å². The number of amides is 1. The summed E-state index contributed by atoms with van der Waals surface area (Å²) in [6.45, 7) is 0.0266. The van der Waals surface area contributed by atoms with Gasteiger partial charge in [-0.3, -0.25) is 0 Å². The third-order valence-electron chi connectivity index (χ3n) is 3.28. The van der Waals surface area contributed by atoms with Crippen molar-refractivity contribution in [2.45, 2.75) is 19.1 Å². The molecule has 0 aliphatic carbocycles. The van der Waals surface area contributed by atoms with Crippen LogP contribution in [0.4, 0.5) is 4.79 Å². The van der Waals surface area contributed by atoms with E-state index in [1.54, 1.807) is 18.2 Å². The van der Waals surface area contributed by atoms with E-state index >= 15 is 0 Å². The number of carboxylic acids is 1. The quantitative estimate of drug-likeness (QED) is 0.700. The van der Waals surface area contributed by atoms with Gasteiger partial charge in [-0.1, -0.05) is 46.3 Å². The van der Waals surface area contributed by atoms with Crippen molar-refractivity contribution in [3.8, 4) is 5.75 Å². The summed E-state index contributed by atoms with van der Waals surface area (Å²) >= 11 is 3.34. The van der Waals surface area contributed by atoms with Crippen molar-refractivity contribution in [3.63, 3.8) is 0 Å². The number of hydrogen-bond acceptors (Lipinski definition) is 4. The zero-order valence-corrected chi connectivity index (χ0v) is 14.2. The normalized spacial score (nSPS) is 11.5. The van der Waals surface area contributed by atoms with Gasteiger partial charge in [-0.15, -0.1) is 0 Å². The molecule has 6 nitrogen and oxygen atoms in total. The van der Waals surface area contributed by atoms with E-state index in [9.17, 15) is 19.8 Å². The number of phenols is 1. The topological polar surface area (TPSA) is 95.9 Å². The highest BCUT2D eigenvalue weighted by Gasteiger charge is 2.21. The summed E-state index contributed by atoms with van der Waals surface area (Å²) in [5.74, 6) is -1.08. The van der Waals surface area contributed by atoms with Crippen molar-refractivity contribution in [2.75, 3.05) is 0 Å². The van der Waals surface area contributed by atoms with E-state index in [0.29, 0.717) is 5.56 Å². The molecule has 0 heterocycles. The van der Waals surface area contributed by atoms with Crippen LogP contribution in [0.1, 0.15) is 11.1 Å². The van der Waals surface area contributed by atoms with Gasteiger partial charge in [0, 0.05) is 16.5 Å². The number of carbonyl (C=O) groups excluding carboxylic acids is 1. The molecule has 1 amide bonds. The first-order valence-corrected chi connectivity index (χ1v) is 7.92. The zero-order chi connectivity index (χ0) is 17.5. The third kappa shape index (κ3) is 5.27. The van der Waals surface area contributed by atoms with Gasteiger partial charge in [0.05, 0.1) is 0 Å². The van der Waals surface area contributed by atoms with Gasteiger partial charge in [-0.05, 0) is 23.8 Å². The second-order valence-electron chi connectivity index (χ2n) is 5.07. The van der Waals surface area contributed by atoms with Gasteiger partial charge in [0.15, 0.2) is 0 Å². The predicted octanol–water partition coefficient (Wildman–Crippen LogP) is 3.08. The first-order valence-electron chi connectivity index (χ1n) is 7.13. The molecule has 2 rings (SSSR count). The van der Waals surface area contributed by atoms with Gasteiger partial charge < -0.3 is 20.3 Å². The van der Waals surface area contributed by atoms with Crippen LogP contribution in [0.15, 0.2) is 53.0 Å². The van der Waals surface area contributed by atoms with Crippen molar-refractivity contribution in [1.29, 1.82) is 0 Å². The molecule has 2 aromatic carbocycles. The number of alkyl carbamates (subject to hydrolysis) is 1. The molecule has 0 radical (unpaired) electrons. The van der Waals surface area contributed by atoms with E-state index < -0.39 is 18.1 Å². The smallest absolute Gasteiger partial charge is 0.408 e. The lowest BCUT2D eigenvalue weighted by Crippen LogP contribution is -2.42. The Labute approximate surface area is 147 Å². The monoisotopic (exact) mass is 393 g/mol. The van der Waals surface area contributed by atoms with E-state index in [0.717, 1.165) is 10.0 Å². The molecule has 0 saturated carbocycles. The number of halogens is 1. The van der Waals surface area contributed by atoms with Crippen LogP contribution in [0, 0.1) is 0 Å². The summed E-state index contributed by atoms with van der Waals surface area (Å²) in [6.07, 6.45) is -0.725. The SMILES string of the molecule is O=C(N[C@@H](Cc1ccc(O)cc1)C(=O)O)OCc1ccccc1Br. The molecule has 0 spiro atoms. The van der Waals surface area contributed by atoms with E-state index in [1.165, 1.54) is 12.1 Å². The Morgan fingerprint density at radius 3 is 2.42 bits per heavy atom. The Morgan fingerprint density at radius 1 is 1.12 bits per heavy atom. The van der Waals surface area contributed by atoms with Crippen LogP contribution in [-0.2, 0) is 22.6 Å². The molecular formula is C17H16BrNO5. The summed E-state index contributed by atoms with van der Waals surface area (Å²) < 4.78 is 5.87. The summed E-state index contributed by atoms with van der Waals surface area (Å²) in [6, 6.07) is 12.3. The second-order valence-corrected chi connectivity index (χ2v) is 5.93. The second kappa shape index (κ2) is 8.35. The van der Waals surface area contributed by atoms with Crippen LogP contribution < -0.4 is 5.32 Å². The Hall–Kier alpha value is -2.54. The third-order valence-corrected chi connectivity index (χ3v) is 4.06. The number of benzene rings is 2. The summed E-state index contributed by atoms with van der Waals surface area (Å²) in [5, 5.41) is 20.8. The van der Waals surface area contributed by atoms with E-state index in [4.69, 9.17) is 4.74 Å². The Bertz CT molecular complexity index is 717. The summed E-state index contributed by atoms with van der Waals surface area (Å²) in [7, 11) is 0. The zero-order valence-electron chi connectivity index (χ0n) is 12.6. The van der Waals surface area contributed by atoms with Gasteiger partial charge in [0.1, 0.15) is 18.4 Å². The molecular weight excluding hydrogens is 378 g/mol. The van der Waals surface area contributed by atoms with Crippen LogP contribution in [0.5, 0.6) is 5.75 Å². The minimum absolute atomic E-state index is 0.0266. The number of rotatable bonds is 6. The Kier molecular flexibility index (Phi) is 6.20. The van der Waals surface area contributed by atoms with Gasteiger partial charge in [0.25, 0.3) is 0 Å². The fourth-order valence-electron chi connectivity index (χ4n) is 2.01. The number of hydrogen-bond donors (Lipinski definition) is 3. The predicted molar refractivity (Wildman–Crippen MR) is 90.7 cm³/mol. The van der Waals surface area contributed by atoms with E-state index in [1.807, 2.05) is 18.2 Å². The Balaban J connectivity index is 1.92. The lowest BCUT2D eigenvalue weighted by Gasteiger charge is -2.15. The first kappa shape index (κ1) is 17.8. The highest BCUT2D eigenvalue weighted by Crippen LogP contribution is 2.16. The number of carbonyl (C=O) groups is 2. The molecule has 24 heavy (non-hydrogen) atoms. The molecule has 0 unspecified atom stereocenters. The molecule has 0 aromatic heterocycles. The molecule has 7 heteroatoms. The number of nitrogens with one attached hydrogen (secondary N) is 1. The number of carboxylic acid groups (broad SMARTS) is 1. The molecule has 3 N–H and O–H groups in total. The van der Waals surface area contributed by atoms with Crippen LogP contribution in [-0.4, -0.2) is 28.3 Å². The van der Waals surface area contributed by atoms with Crippen LogP contribution in [0.25, 0.3) is 0 Å². The van der Waals surface area contributed by atoms with Gasteiger partial charge in [-0.25, -0.2) is 9.59 Å².